The Balaban J connectivity index is 1.45. The fourth-order valence-electron chi connectivity index (χ4n) is 4.34. The second kappa shape index (κ2) is 11.9. The molecule has 7 nitrogen and oxygen atoms in total. The Morgan fingerprint density at radius 3 is 2.67 bits per heavy atom. The zero-order chi connectivity index (χ0) is 21.2. The summed E-state index contributed by atoms with van der Waals surface area (Å²) < 4.78 is 5.56. The maximum atomic E-state index is 5.56. The molecule has 3 N–H and O–H groups in total. The van der Waals surface area contributed by atoms with Crippen molar-refractivity contribution in [1.29, 1.82) is 0 Å². The van der Waals surface area contributed by atoms with Crippen LogP contribution in [0.2, 0.25) is 0 Å². The molecule has 1 fully saturated rings. The molecule has 3 rings (SSSR count). The molecule has 0 radical (unpaired) electrons. The van der Waals surface area contributed by atoms with Gasteiger partial charge in [-0.3, -0.25) is 9.89 Å². The Bertz CT molecular complexity index is 746. The van der Waals surface area contributed by atoms with Crippen molar-refractivity contribution in [3.8, 4) is 0 Å². The molecule has 1 unspecified atom stereocenters. The molecule has 0 saturated carbocycles. The highest BCUT2D eigenvalue weighted by Crippen LogP contribution is 2.19. The fraction of sp³-hybridized carbons (Fsp3) is 0.652. The van der Waals surface area contributed by atoms with Crippen LogP contribution in [0.3, 0.4) is 0 Å². The number of H-pyrrole nitrogens is 1. The molecule has 1 aromatic carbocycles. The summed E-state index contributed by atoms with van der Waals surface area (Å²) in [6, 6.07) is 8.69. The topological polar surface area (TPSA) is 77.6 Å². The normalized spacial score (nSPS) is 16.9. The zero-order valence-corrected chi connectivity index (χ0v) is 18.8. The van der Waals surface area contributed by atoms with Crippen LogP contribution in [-0.2, 0) is 11.2 Å². The van der Waals surface area contributed by atoms with Gasteiger partial charge >= 0.3 is 0 Å². The van der Waals surface area contributed by atoms with E-state index >= 15 is 0 Å². The number of hydrogen-bond donors (Lipinski definition) is 3. The minimum Gasteiger partial charge on any atom is -0.379 e. The number of guanidine groups is 1. The Morgan fingerprint density at radius 2 is 1.97 bits per heavy atom. The van der Waals surface area contributed by atoms with E-state index in [1.165, 1.54) is 12.8 Å². The summed E-state index contributed by atoms with van der Waals surface area (Å²) in [5.74, 6) is 2.60. The fourth-order valence-corrected chi connectivity index (χ4v) is 4.34. The molecule has 0 amide bonds. The van der Waals surface area contributed by atoms with Crippen LogP contribution in [0.1, 0.15) is 38.9 Å². The van der Waals surface area contributed by atoms with Gasteiger partial charge in [0.2, 0.25) is 0 Å². The van der Waals surface area contributed by atoms with Gasteiger partial charge in [-0.15, -0.1) is 0 Å². The van der Waals surface area contributed by atoms with Gasteiger partial charge in [0.1, 0.15) is 5.82 Å². The number of fused-ring (bicyclic) bond motifs is 1. The third-order valence-corrected chi connectivity index (χ3v) is 6.13. The maximum Gasteiger partial charge on any atom is 0.191 e. The molecule has 2 aromatic rings. The average Bonchev–Trinajstić information content (AvgIpc) is 3.21. The number of benzene rings is 1. The molecule has 1 atom stereocenters. The summed E-state index contributed by atoms with van der Waals surface area (Å²) in [4.78, 5) is 15.1. The lowest BCUT2D eigenvalue weighted by Gasteiger charge is -2.39. The maximum absolute atomic E-state index is 5.56. The standard InChI is InChI=1S/C23H38N6O/c1-4-18(5-2)21(29-13-15-30-16-14-29)17-26-23(24-3)25-12-8-11-22-27-19-9-6-7-10-20(19)28-22/h6-7,9-10,18,21H,4-5,8,11-17H2,1-3H3,(H,27,28)(H2,24,25,26). The van der Waals surface area contributed by atoms with Gasteiger partial charge in [-0.1, -0.05) is 38.8 Å². The van der Waals surface area contributed by atoms with Gasteiger partial charge in [-0.05, 0) is 24.5 Å². The number of morpholine rings is 1. The number of rotatable bonds is 10. The third kappa shape index (κ3) is 6.19. The predicted molar refractivity (Wildman–Crippen MR) is 124 cm³/mol. The Hall–Kier alpha value is -2.12. The summed E-state index contributed by atoms with van der Waals surface area (Å²) in [5.41, 5.74) is 2.14. The summed E-state index contributed by atoms with van der Waals surface area (Å²) in [6.45, 7) is 10.1. The monoisotopic (exact) mass is 414 g/mol. The minimum atomic E-state index is 0.512. The van der Waals surface area contributed by atoms with Gasteiger partial charge < -0.3 is 20.4 Å². The van der Waals surface area contributed by atoms with Crippen LogP contribution in [0.4, 0.5) is 0 Å². The SMILES string of the molecule is CCC(CC)C(CNC(=NC)NCCCc1nc2ccccc2[nH]1)N1CCOCC1. The lowest BCUT2D eigenvalue weighted by Crippen LogP contribution is -2.53. The molecule has 1 saturated heterocycles. The molecule has 30 heavy (non-hydrogen) atoms. The third-order valence-electron chi connectivity index (χ3n) is 6.13. The number of ether oxygens (including phenoxy) is 1. The number of para-hydroxylation sites is 2. The molecule has 1 aromatic heterocycles. The van der Waals surface area contributed by atoms with Crippen molar-refractivity contribution in [3.63, 3.8) is 0 Å². The number of aromatic amines is 1. The first-order valence-electron chi connectivity index (χ1n) is 11.4. The summed E-state index contributed by atoms with van der Waals surface area (Å²) in [6.07, 6.45) is 4.32. The van der Waals surface area contributed by atoms with Crippen molar-refractivity contribution in [2.24, 2.45) is 10.9 Å². The van der Waals surface area contributed by atoms with Crippen LogP contribution in [0.25, 0.3) is 11.0 Å². The minimum absolute atomic E-state index is 0.512. The molecule has 0 bridgehead atoms. The quantitative estimate of drug-likeness (QED) is 0.317. The van der Waals surface area contributed by atoms with Crippen LogP contribution >= 0.6 is 0 Å². The number of aliphatic imine (C=N–C) groups is 1. The molecule has 1 aliphatic heterocycles. The van der Waals surface area contributed by atoms with Gasteiger partial charge in [-0.2, -0.15) is 0 Å². The van der Waals surface area contributed by atoms with E-state index in [0.29, 0.717) is 12.0 Å². The van der Waals surface area contributed by atoms with Crippen molar-refractivity contribution in [1.82, 2.24) is 25.5 Å². The van der Waals surface area contributed by atoms with Gasteiger partial charge in [0.15, 0.2) is 5.96 Å². The van der Waals surface area contributed by atoms with Gasteiger partial charge in [0.25, 0.3) is 0 Å². The van der Waals surface area contributed by atoms with E-state index in [0.717, 1.165) is 75.1 Å². The van der Waals surface area contributed by atoms with E-state index < -0.39 is 0 Å². The lowest BCUT2D eigenvalue weighted by atomic mass is 9.92. The summed E-state index contributed by atoms with van der Waals surface area (Å²) in [5, 5.41) is 7.03. The first-order valence-corrected chi connectivity index (χ1v) is 11.4. The van der Waals surface area contributed by atoms with Gasteiger partial charge in [-0.25, -0.2) is 4.98 Å². The van der Waals surface area contributed by atoms with E-state index in [1.807, 2.05) is 25.2 Å². The highest BCUT2D eigenvalue weighted by atomic mass is 16.5. The average molecular weight is 415 g/mol. The second-order valence-electron chi connectivity index (χ2n) is 7.98. The number of hydrogen-bond acceptors (Lipinski definition) is 4. The van der Waals surface area contributed by atoms with E-state index in [-0.39, 0.29) is 0 Å². The summed E-state index contributed by atoms with van der Waals surface area (Å²) >= 11 is 0. The molecule has 0 spiro atoms. The van der Waals surface area contributed by atoms with Crippen molar-refractivity contribution >= 4 is 17.0 Å². The Kier molecular flexibility index (Phi) is 8.96. The molecular weight excluding hydrogens is 376 g/mol. The van der Waals surface area contributed by atoms with E-state index in [1.54, 1.807) is 0 Å². The first kappa shape index (κ1) is 22.6. The van der Waals surface area contributed by atoms with Crippen LogP contribution in [0, 0.1) is 5.92 Å². The Labute approximate surface area is 180 Å². The van der Waals surface area contributed by atoms with Crippen molar-refractivity contribution < 1.29 is 4.74 Å². The van der Waals surface area contributed by atoms with Crippen molar-refractivity contribution in [3.05, 3.63) is 30.1 Å². The predicted octanol–water partition coefficient (Wildman–Crippen LogP) is 2.80. The molecule has 0 aliphatic carbocycles. The van der Waals surface area contributed by atoms with E-state index in [2.05, 4.69) is 50.4 Å². The number of aromatic nitrogens is 2. The molecule has 166 valence electrons. The highest BCUT2D eigenvalue weighted by molar-refractivity contribution is 5.79. The van der Waals surface area contributed by atoms with Crippen LogP contribution in [0.15, 0.2) is 29.3 Å². The largest absolute Gasteiger partial charge is 0.379 e. The molecule has 2 heterocycles. The van der Waals surface area contributed by atoms with Gasteiger partial charge in [0, 0.05) is 45.7 Å². The zero-order valence-electron chi connectivity index (χ0n) is 18.8. The smallest absolute Gasteiger partial charge is 0.191 e. The summed E-state index contributed by atoms with van der Waals surface area (Å²) in [7, 11) is 1.84. The van der Waals surface area contributed by atoms with Crippen molar-refractivity contribution in [2.45, 2.75) is 45.6 Å². The number of aryl methyl sites for hydroxylation is 1. The van der Waals surface area contributed by atoms with Crippen LogP contribution < -0.4 is 10.6 Å². The lowest BCUT2D eigenvalue weighted by molar-refractivity contribution is 0.00272. The van der Waals surface area contributed by atoms with E-state index in [4.69, 9.17) is 4.74 Å². The van der Waals surface area contributed by atoms with Crippen LogP contribution in [-0.4, -0.2) is 73.3 Å². The number of nitrogens with one attached hydrogen (secondary N) is 3. The highest BCUT2D eigenvalue weighted by Gasteiger charge is 2.26. The number of nitrogens with zero attached hydrogens (tertiary/aromatic N) is 3. The Morgan fingerprint density at radius 1 is 1.20 bits per heavy atom. The molecular formula is C23H38N6O. The van der Waals surface area contributed by atoms with Crippen molar-refractivity contribution in [2.75, 3.05) is 46.4 Å². The molecule has 1 aliphatic rings. The van der Waals surface area contributed by atoms with Crippen LogP contribution in [0.5, 0.6) is 0 Å². The first-order chi connectivity index (χ1) is 14.7. The van der Waals surface area contributed by atoms with Gasteiger partial charge in [0.05, 0.1) is 24.2 Å². The van der Waals surface area contributed by atoms with E-state index in [9.17, 15) is 0 Å². The number of imidazole rings is 1. The molecule has 7 heteroatoms. The second-order valence-corrected chi connectivity index (χ2v) is 7.98.